The molecule has 1 spiro atoms. The molecule has 2 aliphatic heterocycles. The van der Waals surface area contributed by atoms with Crippen LogP contribution in [0.15, 0.2) is 48.8 Å². The number of para-hydroxylation sites is 1. The number of benzene rings is 1. The minimum absolute atomic E-state index is 0.113. The van der Waals surface area contributed by atoms with Gasteiger partial charge >= 0.3 is 0 Å². The molecule has 134 valence electrons. The predicted molar refractivity (Wildman–Crippen MR) is 99.9 cm³/mol. The largest absolute Gasteiger partial charge is 0.355 e. The smallest absolute Gasteiger partial charge is 0.211 e. The molecule has 0 bridgehead atoms. The molecule has 2 aromatic heterocycles. The summed E-state index contributed by atoms with van der Waals surface area (Å²) in [5, 5.41) is 5.55. The molecule has 4 heterocycles. The second-order valence-electron chi connectivity index (χ2n) is 7.38. The fourth-order valence-corrected chi connectivity index (χ4v) is 4.95. The Bertz CT molecular complexity index is 1080. The van der Waals surface area contributed by atoms with Crippen LogP contribution in [-0.2, 0) is 10.0 Å². The van der Waals surface area contributed by atoms with E-state index < -0.39 is 10.0 Å². The van der Waals surface area contributed by atoms with Gasteiger partial charge in [-0.25, -0.2) is 22.4 Å². The van der Waals surface area contributed by atoms with E-state index in [-0.39, 0.29) is 5.41 Å². The van der Waals surface area contributed by atoms with Gasteiger partial charge in [0.1, 0.15) is 5.82 Å². The highest BCUT2D eigenvalue weighted by atomic mass is 32.2. The van der Waals surface area contributed by atoms with E-state index in [1.54, 1.807) is 4.31 Å². The maximum Gasteiger partial charge on any atom is 0.211 e. The summed E-state index contributed by atoms with van der Waals surface area (Å²) in [6.45, 7) is 2.96. The van der Waals surface area contributed by atoms with Gasteiger partial charge in [0.25, 0.3) is 0 Å². The van der Waals surface area contributed by atoms with Gasteiger partial charge < -0.3 is 4.90 Å². The number of sulfonamides is 1. The lowest BCUT2D eigenvalue weighted by atomic mass is 9.74. The van der Waals surface area contributed by atoms with Crippen LogP contribution >= 0.6 is 0 Å². The molecule has 2 saturated heterocycles. The number of nitrogens with zero attached hydrogens (tertiary/aromatic N) is 5. The van der Waals surface area contributed by atoms with Crippen molar-refractivity contribution in [1.29, 1.82) is 0 Å². The van der Waals surface area contributed by atoms with E-state index in [1.165, 1.54) is 6.26 Å². The molecule has 0 saturated carbocycles. The zero-order valence-electron chi connectivity index (χ0n) is 14.4. The molecule has 1 aromatic carbocycles. The predicted octanol–water partition coefficient (Wildman–Crippen LogP) is 1.50. The normalized spacial score (nSPS) is 19.5. The molecule has 0 aliphatic carbocycles. The Morgan fingerprint density at radius 3 is 2.46 bits per heavy atom. The van der Waals surface area contributed by atoms with Gasteiger partial charge in [0.2, 0.25) is 10.0 Å². The van der Waals surface area contributed by atoms with Crippen molar-refractivity contribution in [1.82, 2.24) is 19.1 Å². The highest BCUT2D eigenvalue weighted by Gasteiger charge is 2.54. The molecular weight excluding hydrogens is 350 g/mol. The number of aromatic nitrogens is 3. The Morgan fingerprint density at radius 1 is 1.00 bits per heavy atom. The molecule has 0 unspecified atom stereocenters. The highest BCUT2D eigenvalue weighted by molar-refractivity contribution is 7.88. The topological polar surface area (TPSA) is 71.3 Å². The number of fused-ring (bicyclic) bond motifs is 1. The summed E-state index contributed by atoms with van der Waals surface area (Å²) < 4.78 is 26.5. The van der Waals surface area contributed by atoms with E-state index in [0.29, 0.717) is 13.1 Å². The molecule has 2 aliphatic rings. The Morgan fingerprint density at radius 2 is 1.77 bits per heavy atom. The summed E-state index contributed by atoms with van der Waals surface area (Å²) in [7, 11) is -3.05. The Labute approximate surface area is 151 Å². The number of hydrogen-bond acceptors (Lipinski definition) is 5. The average molecular weight is 369 g/mol. The van der Waals surface area contributed by atoms with Crippen LogP contribution in [0.1, 0.15) is 0 Å². The minimum Gasteiger partial charge on any atom is -0.355 e. The molecule has 26 heavy (non-hydrogen) atoms. The number of pyridine rings is 1. The van der Waals surface area contributed by atoms with Crippen LogP contribution in [0, 0.1) is 5.41 Å². The van der Waals surface area contributed by atoms with E-state index >= 15 is 0 Å². The van der Waals surface area contributed by atoms with E-state index in [0.717, 1.165) is 35.5 Å². The quantitative estimate of drug-likeness (QED) is 0.700. The van der Waals surface area contributed by atoms with Gasteiger partial charge in [-0.3, -0.25) is 0 Å². The van der Waals surface area contributed by atoms with Crippen molar-refractivity contribution >= 4 is 26.7 Å². The highest BCUT2D eigenvalue weighted by Crippen LogP contribution is 2.42. The number of hydrogen-bond donors (Lipinski definition) is 0. The minimum atomic E-state index is -3.05. The molecule has 2 fully saturated rings. The Kier molecular flexibility index (Phi) is 3.20. The second-order valence-corrected chi connectivity index (χ2v) is 9.36. The third-order valence-corrected chi connectivity index (χ3v) is 6.52. The van der Waals surface area contributed by atoms with E-state index in [4.69, 9.17) is 0 Å². The first-order valence-corrected chi connectivity index (χ1v) is 10.4. The van der Waals surface area contributed by atoms with Crippen LogP contribution in [0.5, 0.6) is 0 Å². The zero-order valence-corrected chi connectivity index (χ0v) is 15.2. The van der Waals surface area contributed by atoms with Crippen molar-refractivity contribution < 1.29 is 8.42 Å². The molecule has 0 N–H and O–H groups in total. The van der Waals surface area contributed by atoms with E-state index in [2.05, 4.69) is 15.0 Å². The van der Waals surface area contributed by atoms with Gasteiger partial charge in [-0.1, -0.05) is 18.2 Å². The average Bonchev–Trinajstić information content (AvgIpc) is 2.96. The van der Waals surface area contributed by atoms with Gasteiger partial charge in [-0.2, -0.15) is 5.10 Å². The SMILES string of the molecule is CS(=O)(=O)N1CC2(CN(c3ccc(-n4ncc5ccccc54)cn3)C2)C1. The van der Waals surface area contributed by atoms with Crippen molar-refractivity contribution in [2.24, 2.45) is 5.41 Å². The molecule has 0 amide bonds. The molecule has 5 rings (SSSR count). The van der Waals surface area contributed by atoms with E-state index in [1.807, 2.05) is 53.5 Å². The van der Waals surface area contributed by atoms with Crippen LogP contribution in [0.2, 0.25) is 0 Å². The Balaban J connectivity index is 1.30. The molecule has 0 radical (unpaired) electrons. The van der Waals surface area contributed by atoms with Gasteiger partial charge in [0, 0.05) is 37.0 Å². The second kappa shape index (κ2) is 5.28. The van der Waals surface area contributed by atoms with Gasteiger partial charge in [-0.05, 0) is 18.2 Å². The summed E-state index contributed by atoms with van der Waals surface area (Å²) in [6.07, 6.45) is 4.96. The van der Waals surface area contributed by atoms with Crippen LogP contribution in [0.25, 0.3) is 16.6 Å². The van der Waals surface area contributed by atoms with Gasteiger partial charge in [-0.15, -0.1) is 0 Å². The molecular formula is C18H19N5O2S. The lowest BCUT2D eigenvalue weighted by Gasteiger charge is -2.59. The maximum absolute atomic E-state index is 11.5. The van der Waals surface area contributed by atoms with Crippen molar-refractivity contribution in [3.05, 3.63) is 48.8 Å². The van der Waals surface area contributed by atoms with Gasteiger partial charge in [0.15, 0.2) is 0 Å². The molecule has 8 heteroatoms. The monoisotopic (exact) mass is 369 g/mol. The number of anilines is 1. The summed E-state index contributed by atoms with van der Waals surface area (Å²) in [5.74, 6) is 0.925. The van der Waals surface area contributed by atoms with Gasteiger partial charge in [0.05, 0.1) is 29.9 Å². The first-order chi connectivity index (χ1) is 12.4. The summed E-state index contributed by atoms with van der Waals surface area (Å²) >= 11 is 0. The molecule has 3 aromatic rings. The van der Waals surface area contributed by atoms with Crippen LogP contribution in [-0.4, -0.2) is 59.9 Å². The van der Waals surface area contributed by atoms with Crippen LogP contribution < -0.4 is 4.90 Å². The Hall–Kier alpha value is -2.45. The lowest BCUT2D eigenvalue weighted by Crippen LogP contribution is -2.73. The third kappa shape index (κ3) is 2.40. The van der Waals surface area contributed by atoms with E-state index in [9.17, 15) is 8.42 Å². The lowest BCUT2D eigenvalue weighted by molar-refractivity contribution is 0.0395. The van der Waals surface area contributed by atoms with Crippen molar-refractivity contribution in [2.75, 3.05) is 37.3 Å². The fourth-order valence-electron chi connectivity index (χ4n) is 3.93. The third-order valence-electron chi connectivity index (χ3n) is 5.32. The summed E-state index contributed by atoms with van der Waals surface area (Å²) in [4.78, 5) is 6.79. The number of rotatable bonds is 3. The first kappa shape index (κ1) is 15.8. The molecule has 7 nitrogen and oxygen atoms in total. The van der Waals surface area contributed by atoms with Crippen molar-refractivity contribution in [3.8, 4) is 5.69 Å². The van der Waals surface area contributed by atoms with Crippen molar-refractivity contribution in [3.63, 3.8) is 0 Å². The summed E-state index contributed by atoms with van der Waals surface area (Å²) in [5.41, 5.74) is 2.10. The van der Waals surface area contributed by atoms with Crippen LogP contribution in [0.4, 0.5) is 5.82 Å². The first-order valence-electron chi connectivity index (χ1n) is 8.53. The fraction of sp³-hybridized carbons (Fsp3) is 0.333. The summed E-state index contributed by atoms with van der Waals surface area (Å²) in [6, 6.07) is 12.1. The zero-order chi connectivity index (χ0) is 17.9. The van der Waals surface area contributed by atoms with Crippen molar-refractivity contribution in [2.45, 2.75) is 0 Å². The standard InChI is InChI=1S/C18H19N5O2S/c1-26(24,25)22-12-18(13-22)10-21(11-18)17-7-6-15(9-19-17)23-16-5-3-2-4-14(16)8-20-23/h2-9H,10-13H2,1H3. The maximum atomic E-state index is 11.5. The molecule has 0 atom stereocenters. The van der Waals surface area contributed by atoms with Crippen LogP contribution in [0.3, 0.4) is 0 Å².